The van der Waals surface area contributed by atoms with Crippen molar-refractivity contribution in [3.63, 3.8) is 0 Å². The van der Waals surface area contributed by atoms with E-state index >= 15 is 0 Å². The SMILES string of the molecule is CCN(CC)C(=O)COc1ccc(/C(C)=N\NC(=S)NC[C@@H]2CCCO2)cc1. The van der Waals surface area contributed by atoms with Crippen LogP contribution in [0.15, 0.2) is 29.4 Å². The molecule has 1 aromatic rings. The molecular formula is C20H30N4O3S. The number of hydrazone groups is 1. The van der Waals surface area contributed by atoms with E-state index in [4.69, 9.17) is 21.7 Å². The molecule has 1 heterocycles. The van der Waals surface area contributed by atoms with Crippen LogP contribution in [0.3, 0.4) is 0 Å². The Hall–Kier alpha value is -2.19. The van der Waals surface area contributed by atoms with Gasteiger partial charge in [0.1, 0.15) is 5.75 Å². The third-order valence-electron chi connectivity index (χ3n) is 4.59. The molecule has 1 aliphatic heterocycles. The fraction of sp³-hybridized carbons (Fsp3) is 0.550. The van der Waals surface area contributed by atoms with Crippen LogP contribution in [0, 0.1) is 0 Å². The van der Waals surface area contributed by atoms with Gasteiger partial charge in [0.2, 0.25) is 0 Å². The molecule has 1 atom stereocenters. The van der Waals surface area contributed by atoms with Gasteiger partial charge in [-0.1, -0.05) is 0 Å². The number of hydrogen-bond donors (Lipinski definition) is 2. The zero-order chi connectivity index (χ0) is 20.4. The standard InChI is InChI=1S/C20H30N4O3S/c1-4-24(5-2)19(25)14-27-17-10-8-16(9-11-17)15(3)22-23-20(28)21-13-18-7-6-12-26-18/h8-11,18H,4-7,12-14H2,1-3H3,(H2,21,23,28)/b22-15-/t18-/m0/s1. The molecule has 0 unspecified atom stereocenters. The molecule has 0 saturated carbocycles. The molecule has 0 aromatic heterocycles. The molecule has 154 valence electrons. The van der Waals surface area contributed by atoms with Gasteiger partial charge in [0, 0.05) is 26.2 Å². The number of nitrogens with one attached hydrogen (secondary N) is 2. The Kier molecular flexibility index (Phi) is 9.16. The van der Waals surface area contributed by atoms with Crippen LogP contribution in [0.2, 0.25) is 0 Å². The summed E-state index contributed by atoms with van der Waals surface area (Å²) in [6.07, 6.45) is 2.39. The van der Waals surface area contributed by atoms with E-state index in [9.17, 15) is 4.79 Å². The molecule has 1 aliphatic rings. The number of nitrogens with zero attached hydrogens (tertiary/aromatic N) is 2. The molecule has 0 spiro atoms. The Labute approximate surface area is 172 Å². The average molecular weight is 407 g/mol. The number of carbonyl (C=O) groups excluding carboxylic acids is 1. The van der Waals surface area contributed by atoms with Crippen LogP contribution < -0.4 is 15.5 Å². The predicted molar refractivity (Wildman–Crippen MR) is 115 cm³/mol. The second kappa shape index (κ2) is 11.6. The van der Waals surface area contributed by atoms with Crippen molar-refractivity contribution in [2.24, 2.45) is 5.10 Å². The van der Waals surface area contributed by atoms with Crippen LogP contribution in [0.4, 0.5) is 0 Å². The van der Waals surface area contributed by atoms with E-state index in [1.54, 1.807) is 4.90 Å². The summed E-state index contributed by atoms with van der Waals surface area (Å²) in [4.78, 5) is 13.7. The van der Waals surface area contributed by atoms with Gasteiger partial charge in [-0.3, -0.25) is 10.2 Å². The Bertz CT molecular complexity index is 669. The zero-order valence-electron chi connectivity index (χ0n) is 16.9. The lowest BCUT2D eigenvalue weighted by Crippen LogP contribution is -2.37. The van der Waals surface area contributed by atoms with Crippen LogP contribution in [-0.4, -0.2) is 60.6 Å². The van der Waals surface area contributed by atoms with Gasteiger partial charge in [0.25, 0.3) is 5.91 Å². The van der Waals surface area contributed by atoms with Crippen molar-refractivity contribution < 1.29 is 14.3 Å². The Morgan fingerprint density at radius 1 is 1.32 bits per heavy atom. The number of benzene rings is 1. The van der Waals surface area contributed by atoms with E-state index in [0.717, 1.165) is 30.7 Å². The van der Waals surface area contributed by atoms with E-state index in [-0.39, 0.29) is 18.6 Å². The van der Waals surface area contributed by atoms with E-state index in [1.807, 2.05) is 45.0 Å². The molecule has 28 heavy (non-hydrogen) atoms. The molecule has 0 aliphatic carbocycles. The molecule has 0 bridgehead atoms. The maximum absolute atomic E-state index is 12.0. The van der Waals surface area contributed by atoms with Crippen molar-refractivity contribution in [3.05, 3.63) is 29.8 Å². The maximum atomic E-state index is 12.0. The second-order valence-electron chi connectivity index (χ2n) is 6.53. The first kappa shape index (κ1) is 22.1. The number of likely N-dealkylation sites (N-methyl/N-ethyl adjacent to an activating group) is 1. The molecule has 8 heteroatoms. The third-order valence-corrected chi connectivity index (χ3v) is 4.83. The molecule has 1 amide bonds. The van der Waals surface area contributed by atoms with Gasteiger partial charge < -0.3 is 19.7 Å². The number of amides is 1. The molecule has 2 N–H and O–H groups in total. The van der Waals surface area contributed by atoms with Gasteiger partial charge in [0.15, 0.2) is 11.7 Å². The van der Waals surface area contributed by atoms with E-state index in [1.165, 1.54) is 0 Å². The summed E-state index contributed by atoms with van der Waals surface area (Å²) in [7, 11) is 0. The Morgan fingerprint density at radius 2 is 2.04 bits per heavy atom. The number of carbonyl (C=O) groups is 1. The summed E-state index contributed by atoms with van der Waals surface area (Å²) in [5, 5.41) is 7.90. The minimum Gasteiger partial charge on any atom is -0.484 e. The summed E-state index contributed by atoms with van der Waals surface area (Å²) in [5.74, 6) is 0.638. The first-order valence-corrected chi connectivity index (χ1v) is 10.1. The molecular weight excluding hydrogens is 376 g/mol. The van der Waals surface area contributed by atoms with Crippen molar-refractivity contribution in [3.8, 4) is 5.75 Å². The quantitative estimate of drug-likeness (QED) is 0.372. The van der Waals surface area contributed by atoms with Gasteiger partial charge in [-0.25, -0.2) is 0 Å². The van der Waals surface area contributed by atoms with Crippen LogP contribution >= 0.6 is 12.2 Å². The van der Waals surface area contributed by atoms with Gasteiger partial charge in [-0.15, -0.1) is 0 Å². The predicted octanol–water partition coefficient (Wildman–Crippen LogP) is 2.30. The largest absolute Gasteiger partial charge is 0.484 e. The Balaban J connectivity index is 1.78. The summed E-state index contributed by atoms with van der Waals surface area (Å²) in [6, 6.07) is 7.47. The van der Waals surface area contributed by atoms with Crippen LogP contribution in [0.5, 0.6) is 5.75 Å². The highest BCUT2D eigenvalue weighted by Crippen LogP contribution is 2.13. The van der Waals surface area contributed by atoms with Crippen LogP contribution in [0.1, 0.15) is 39.2 Å². The molecule has 0 radical (unpaired) electrons. The van der Waals surface area contributed by atoms with E-state index < -0.39 is 0 Å². The highest BCUT2D eigenvalue weighted by Gasteiger charge is 2.15. The maximum Gasteiger partial charge on any atom is 0.260 e. The molecule has 1 fully saturated rings. The van der Waals surface area contributed by atoms with E-state index in [2.05, 4.69) is 15.8 Å². The molecule has 7 nitrogen and oxygen atoms in total. The van der Waals surface area contributed by atoms with Gasteiger partial charge in [0.05, 0.1) is 11.8 Å². The molecule has 1 aromatic carbocycles. The van der Waals surface area contributed by atoms with Crippen molar-refractivity contribution in [1.29, 1.82) is 0 Å². The fourth-order valence-electron chi connectivity index (χ4n) is 2.86. The smallest absolute Gasteiger partial charge is 0.260 e. The minimum absolute atomic E-state index is 0.0139. The van der Waals surface area contributed by atoms with E-state index in [0.29, 0.717) is 30.5 Å². The lowest BCUT2D eigenvalue weighted by atomic mass is 10.1. The average Bonchev–Trinajstić information content (AvgIpc) is 3.24. The van der Waals surface area contributed by atoms with Crippen LogP contribution in [-0.2, 0) is 9.53 Å². The summed E-state index contributed by atoms with van der Waals surface area (Å²) >= 11 is 5.24. The summed E-state index contributed by atoms with van der Waals surface area (Å²) < 4.78 is 11.1. The molecule has 2 rings (SSSR count). The minimum atomic E-state index is -0.0139. The fourth-order valence-corrected chi connectivity index (χ4v) is 2.98. The normalized spacial score (nSPS) is 16.5. The topological polar surface area (TPSA) is 75.2 Å². The van der Waals surface area contributed by atoms with Crippen molar-refractivity contribution in [2.75, 3.05) is 32.8 Å². The highest BCUT2D eigenvalue weighted by molar-refractivity contribution is 7.80. The summed E-state index contributed by atoms with van der Waals surface area (Å²) in [5.41, 5.74) is 4.60. The lowest BCUT2D eigenvalue weighted by molar-refractivity contribution is -0.132. The van der Waals surface area contributed by atoms with Gasteiger partial charge in [-0.2, -0.15) is 5.10 Å². The van der Waals surface area contributed by atoms with Gasteiger partial charge in [-0.05, 0) is 75.7 Å². The van der Waals surface area contributed by atoms with Crippen molar-refractivity contribution in [2.45, 2.75) is 39.7 Å². The first-order valence-electron chi connectivity index (χ1n) is 9.74. The highest BCUT2D eigenvalue weighted by atomic mass is 32.1. The zero-order valence-corrected chi connectivity index (χ0v) is 17.7. The number of hydrogen-bond acceptors (Lipinski definition) is 5. The third kappa shape index (κ3) is 7.09. The number of rotatable bonds is 9. The second-order valence-corrected chi connectivity index (χ2v) is 6.94. The van der Waals surface area contributed by atoms with Crippen molar-refractivity contribution >= 4 is 28.9 Å². The number of thiocarbonyl (C=S) groups is 1. The van der Waals surface area contributed by atoms with Crippen molar-refractivity contribution in [1.82, 2.24) is 15.6 Å². The molecule has 1 saturated heterocycles. The summed E-state index contributed by atoms with van der Waals surface area (Å²) in [6.45, 7) is 8.74. The lowest BCUT2D eigenvalue weighted by Gasteiger charge is -2.18. The van der Waals surface area contributed by atoms with Gasteiger partial charge >= 0.3 is 0 Å². The monoisotopic (exact) mass is 406 g/mol. The number of ether oxygens (including phenoxy) is 2. The van der Waals surface area contributed by atoms with Crippen LogP contribution in [0.25, 0.3) is 0 Å². The first-order chi connectivity index (χ1) is 13.5. The Morgan fingerprint density at radius 3 is 2.64 bits per heavy atom.